The second-order valence-corrected chi connectivity index (χ2v) is 11.3. The predicted molar refractivity (Wildman–Crippen MR) is 147 cm³/mol. The summed E-state index contributed by atoms with van der Waals surface area (Å²) in [6.45, 7) is 9.03. The van der Waals surface area contributed by atoms with Crippen LogP contribution in [-0.2, 0) is 26.2 Å². The Morgan fingerprint density at radius 3 is 2.14 bits per heavy atom. The molecule has 3 aromatic carbocycles. The zero-order chi connectivity index (χ0) is 27.3. The summed E-state index contributed by atoms with van der Waals surface area (Å²) in [4.78, 5) is 27.9. The molecule has 0 fully saturated rings. The average Bonchev–Trinajstić information content (AvgIpc) is 2.86. The van der Waals surface area contributed by atoms with E-state index in [4.69, 9.17) is 0 Å². The predicted octanol–water partition coefficient (Wildman–Crippen LogP) is 4.28. The van der Waals surface area contributed by atoms with E-state index in [0.29, 0.717) is 5.69 Å². The number of nitrogens with zero attached hydrogens (tertiary/aromatic N) is 2. The number of likely N-dealkylation sites (N-methyl/N-ethyl adjacent to an activating group) is 1. The van der Waals surface area contributed by atoms with Gasteiger partial charge in [0.1, 0.15) is 12.6 Å². The summed E-state index contributed by atoms with van der Waals surface area (Å²) in [6.07, 6.45) is 0. The van der Waals surface area contributed by atoms with Crippen molar-refractivity contribution in [1.82, 2.24) is 10.2 Å². The molecular formula is C29H35N3O4S. The molecule has 7 nitrogen and oxygen atoms in total. The molecule has 37 heavy (non-hydrogen) atoms. The van der Waals surface area contributed by atoms with Gasteiger partial charge >= 0.3 is 0 Å². The lowest BCUT2D eigenvalue weighted by Crippen LogP contribution is -2.50. The first-order chi connectivity index (χ1) is 17.4. The molecule has 0 saturated heterocycles. The van der Waals surface area contributed by atoms with Gasteiger partial charge in [0.05, 0.1) is 10.6 Å². The van der Waals surface area contributed by atoms with Crippen molar-refractivity contribution in [2.75, 3.05) is 17.9 Å². The Hall–Kier alpha value is -3.65. The van der Waals surface area contributed by atoms with E-state index in [-0.39, 0.29) is 17.3 Å². The molecule has 2 amide bonds. The standard InChI is InChI=1S/C29H35N3O4S/c1-20-10-14-27(15-11-20)37(35,36)32(26-13-12-22(3)23(4)17-26)19-28(33)31(24(5)29(34)30-6)18-25-9-7-8-21(2)16-25/h7-17,24H,18-19H2,1-6H3,(H,30,34)/t24-/m1/s1. The molecule has 0 heterocycles. The minimum atomic E-state index is -4.07. The van der Waals surface area contributed by atoms with Crippen molar-refractivity contribution in [3.63, 3.8) is 0 Å². The fourth-order valence-electron chi connectivity index (χ4n) is 4.05. The lowest BCUT2D eigenvalue weighted by molar-refractivity contribution is -0.139. The number of aryl methyl sites for hydroxylation is 4. The SMILES string of the molecule is CNC(=O)[C@@H](C)N(Cc1cccc(C)c1)C(=O)CN(c1ccc(C)c(C)c1)S(=O)(=O)c1ccc(C)cc1. The monoisotopic (exact) mass is 521 g/mol. The van der Waals surface area contributed by atoms with Crippen LogP contribution in [0.2, 0.25) is 0 Å². The van der Waals surface area contributed by atoms with Crippen LogP contribution in [0.3, 0.4) is 0 Å². The summed E-state index contributed by atoms with van der Waals surface area (Å²) >= 11 is 0. The topological polar surface area (TPSA) is 86.8 Å². The smallest absolute Gasteiger partial charge is 0.264 e. The van der Waals surface area contributed by atoms with Crippen molar-refractivity contribution in [2.24, 2.45) is 0 Å². The number of sulfonamides is 1. The fraction of sp³-hybridized carbons (Fsp3) is 0.310. The first kappa shape index (κ1) is 27.9. The Morgan fingerprint density at radius 2 is 1.54 bits per heavy atom. The third-order valence-corrected chi connectivity index (χ3v) is 8.30. The second kappa shape index (κ2) is 11.6. The molecule has 0 aliphatic rings. The van der Waals surface area contributed by atoms with E-state index in [9.17, 15) is 18.0 Å². The maximum Gasteiger partial charge on any atom is 0.264 e. The van der Waals surface area contributed by atoms with Crippen LogP contribution < -0.4 is 9.62 Å². The molecule has 3 rings (SSSR count). The van der Waals surface area contributed by atoms with Crippen LogP contribution in [0, 0.1) is 27.7 Å². The highest BCUT2D eigenvalue weighted by Crippen LogP contribution is 2.27. The Morgan fingerprint density at radius 1 is 0.865 bits per heavy atom. The zero-order valence-corrected chi connectivity index (χ0v) is 23.1. The van der Waals surface area contributed by atoms with Crippen molar-refractivity contribution in [3.8, 4) is 0 Å². The molecule has 0 bridgehead atoms. The molecule has 0 spiro atoms. The van der Waals surface area contributed by atoms with Gasteiger partial charge < -0.3 is 10.2 Å². The van der Waals surface area contributed by atoms with E-state index in [0.717, 1.165) is 32.1 Å². The Bertz CT molecular complexity index is 1380. The summed E-state index contributed by atoms with van der Waals surface area (Å²) < 4.78 is 28.8. The van der Waals surface area contributed by atoms with Gasteiger partial charge in [0.2, 0.25) is 11.8 Å². The largest absolute Gasteiger partial charge is 0.357 e. The molecule has 0 aromatic heterocycles. The number of carbonyl (C=O) groups is 2. The van der Waals surface area contributed by atoms with E-state index >= 15 is 0 Å². The lowest BCUT2D eigenvalue weighted by Gasteiger charge is -2.32. The maximum atomic E-state index is 13.8. The van der Waals surface area contributed by atoms with Crippen LogP contribution in [0.4, 0.5) is 5.69 Å². The van der Waals surface area contributed by atoms with Gasteiger partial charge in [0.25, 0.3) is 10.0 Å². The molecule has 8 heteroatoms. The van der Waals surface area contributed by atoms with E-state index < -0.39 is 28.5 Å². The minimum absolute atomic E-state index is 0.0914. The molecule has 0 saturated carbocycles. The summed E-state index contributed by atoms with van der Waals surface area (Å²) in [7, 11) is -2.56. The van der Waals surface area contributed by atoms with Crippen molar-refractivity contribution in [3.05, 3.63) is 94.5 Å². The number of anilines is 1. The molecule has 0 aliphatic carbocycles. The highest BCUT2D eigenvalue weighted by molar-refractivity contribution is 7.92. The summed E-state index contributed by atoms with van der Waals surface area (Å²) in [5, 5.41) is 2.59. The Labute approximate surface area is 220 Å². The van der Waals surface area contributed by atoms with Crippen LogP contribution in [0.5, 0.6) is 0 Å². The molecule has 0 aliphatic heterocycles. The summed E-state index contributed by atoms with van der Waals surface area (Å²) in [5.41, 5.74) is 5.11. The van der Waals surface area contributed by atoms with Crippen molar-refractivity contribution in [2.45, 2.75) is 52.1 Å². The van der Waals surface area contributed by atoms with Gasteiger partial charge in [-0.25, -0.2) is 8.42 Å². The third kappa shape index (κ3) is 6.57. The zero-order valence-electron chi connectivity index (χ0n) is 22.3. The number of amides is 2. The molecule has 1 N–H and O–H groups in total. The summed E-state index contributed by atoms with van der Waals surface area (Å²) in [5.74, 6) is -0.813. The van der Waals surface area contributed by atoms with E-state index in [1.54, 1.807) is 43.3 Å². The van der Waals surface area contributed by atoms with Crippen molar-refractivity contribution < 1.29 is 18.0 Å². The van der Waals surface area contributed by atoms with Gasteiger partial charge in [-0.05, 0) is 75.6 Å². The molecule has 0 unspecified atom stereocenters. The van der Waals surface area contributed by atoms with Crippen LogP contribution in [-0.4, -0.2) is 44.8 Å². The number of nitrogens with one attached hydrogen (secondary N) is 1. The number of rotatable bonds is 9. The van der Waals surface area contributed by atoms with E-state index in [2.05, 4.69) is 5.32 Å². The van der Waals surface area contributed by atoms with Crippen LogP contribution in [0.15, 0.2) is 71.6 Å². The van der Waals surface area contributed by atoms with Crippen LogP contribution in [0.1, 0.15) is 34.7 Å². The van der Waals surface area contributed by atoms with Gasteiger partial charge in [-0.1, -0.05) is 53.6 Å². The van der Waals surface area contributed by atoms with Gasteiger partial charge in [-0.2, -0.15) is 0 Å². The Balaban J connectivity index is 2.06. The normalized spacial score (nSPS) is 12.1. The van der Waals surface area contributed by atoms with Crippen LogP contribution in [0.25, 0.3) is 0 Å². The van der Waals surface area contributed by atoms with E-state index in [1.165, 1.54) is 11.9 Å². The Kier molecular flexibility index (Phi) is 8.76. The number of benzene rings is 3. The molecule has 3 aromatic rings. The number of hydrogen-bond acceptors (Lipinski definition) is 4. The molecular weight excluding hydrogens is 486 g/mol. The quantitative estimate of drug-likeness (QED) is 0.455. The highest BCUT2D eigenvalue weighted by atomic mass is 32.2. The fourth-order valence-corrected chi connectivity index (χ4v) is 5.45. The first-order valence-corrected chi connectivity index (χ1v) is 13.6. The van der Waals surface area contributed by atoms with Gasteiger partial charge in [0, 0.05) is 13.6 Å². The van der Waals surface area contributed by atoms with Crippen molar-refractivity contribution >= 4 is 27.5 Å². The summed E-state index contributed by atoms with van der Waals surface area (Å²) in [6, 6.07) is 18.7. The van der Waals surface area contributed by atoms with Crippen LogP contribution >= 0.6 is 0 Å². The van der Waals surface area contributed by atoms with Gasteiger partial charge in [-0.15, -0.1) is 0 Å². The first-order valence-electron chi connectivity index (χ1n) is 12.2. The lowest BCUT2D eigenvalue weighted by atomic mass is 10.1. The highest BCUT2D eigenvalue weighted by Gasteiger charge is 2.32. The third-order valence-electron chi connectivity index (χ3n) is 6.52. The molecule has 196 valence electrons. The molecule has 1 atom stereocenters. The number of carbonyl (C=O) groups excluding carboxylic acids is 2. The number of hydrogen-bond donors (Lipinski definition) is 1. The van der Waals surface area contributed by atoms with Gasteiger partial charge in [0.15, 0.2) is 0 Å². The maximum absolute atomic E-state index is 13.8. The van der Waals surface area contributed by atoms with E-state index in [1.807, 2.05) is 58.0 Å². The minimum Gasteiger partial charge on any atom is -0.357 e. The second-order valence-electron chi connectivity index (χ2n) is 9.39. The van der Waals surface area contributed by atoms with Crippen molar-refractivity contribution in [1.29, 1.82) is 0 Å². The van der Waals surface area contributed by atoms with Gasteiger partial charge in [-0.3, -0.25) is 13.9 Å². The average molecular weight is 522 g/mol. The molecule has 0 radical (unpaired) electrons.